The molecule has 92 valence electrons. The molecule has 0 bridgehead atoms. The zero-order valence-electron chi connectivity index (χ0n) is 8.98. The van der Waals surface area contributed by atoms with Gasteiger partial charge in [0.2, 0.25) is 0 Å². The van der Waals surface area contributed by atoms with E-state index in [4.69, 9.17) is 0 Å². The molecule has 0 fully saturated rings. The number of hydrogen-bond acceptors (Lipinski definition) is 2. The van der Waals surface area contributed by atoms with Gasteiger partial charge in [0.25, 0.3) is 0 Å². The van der Waals surface area contributed by atoms with E-state index in [0.717, 1.165) is 12.1 Å². The number of amidine groups is 1. The lowest BCUT2D eigenvalue weighted by Gasteiger charge is -2.11. The molecular formula is C11H10BrF3N2. The van der Waals surface area contributed by atoms with Crippen molar-refractivity contribution in [3.05, 3.63) is 33.8 Å². The van der Waals surface area contributed by atoms with Crippen molar-refractivity contribution in [3.63, 3.8) is 0 Å². The predicted octanol–water partition coefficient (Wildman–Crippen LogP) is 3.21. The molecule has 2 rings (SSSR count). The van der Waals surface area contributed by atoms with E-state index in [2.05, 4.69) is 26.2 Å². The highest BCUT2D eigenvalue weighted by Gasteiger charge is 2.31. The van der Waals surface area contributed by atoms with Crippen LogP contribution in [0, 0.1) is 0 Å². The summed E-state index contributed by atoms with van der Waals surface area (Å²) in [6, 6.07) is 3.95. The fourth-order valence-corrected chi connectivity index (χ4v) is 2.11. The average molecular weight is 307 g/mol. The molecule has 0 radical (unpaired) electrons. The smallest absolute Gasteiger partial charge is 0.366 e. The maximum Gasteiger partial charge on any atom is 0.416 e. The molecule has 1 unspecified atom stereocenters. The van der Waals surface area contributed by atoms with E-state index in [1.807, 2.05) is 6.92 Å². The van der Waals surface area contributed by atoms with Gasteiger partial charge in [-0.1, -0.05) is 15.9 Å². The van der Waals surface area contributed by atoms with Gasteiger partial charge in [-0.05, 0) is 25.1 Å². The molecule has 1 aliphatic heterocycles. The molecule has 1 heterocycles. The molecule has 1 aromatic carbocycles. The van der Waals surface area contributed by atoms with Gasteiger partial charge >= 0.3 is 6.18 Å². The first kappa shape index (κ1) is 12.4. The summed E-state index contributed by atoms with van der Waals surface area (Å²) in [6.45, 7) is 2.52. The van der Waals surface area contributed by atoms with E-state index in [1.165, 1.54) is 0 Å². The number of aliphatic imine (C=N–C) groups is 1. The van der Waals surface area contributed by atoms with Crippen molar-refractivity contribution in [2.75, 3.05) is 6.54 Å². The van der Waals surface area contributed by atoms with E-state index >= 15 is 0 Å². The Morgan fingerprint density at radius 2 is 2.06 bits per heavy atom. The second kappa shape index (κ2) is 4.33. The highest BCUT2D eigenvalue weighted by Crippen LogP contribution is 2.32. The second-order valence-corrected chi connectivity index (χ2v) is 4.88. The van der Waals surface area contributed by atoms with Crippen LogP contribution in [0.1, 0.15) is 18.1 Å². The Hall–Kier alpha value is -1.04. The lowest BCUT2D eigenvalue weighted by atomic mass is 10.1. The van der Waals surface area contributed by atoms with Crippen LogP contribution in [0.25, 0.3) is 0 Å². The van der Waals surface area contributed by atoms with Crippen LogP contribution in [0.5, 0.6) is 0 Å². The first-order valence-corrected chi connectivity index (χ1v) is 5.85. The topological polar surface area (TPSA) is 24.4 Å². The lowest BCUT2D eigenvalue weighted by molar-refractivity contribution is -0.137. The summed E-state index contributed by atoms with van der Waals surface area (Å²) in [5, 5.41) is 3.04. The number of benzene rings is 1. The van der Waals surface area contributed by atoms with Crippen LogP contribution in [0.2, 0.25) is 0 Å². The summed E-state index contributed by atoms with van der Waals surface area (Å²) in [7, 11) is 0. The van der Waals surface area contributed by atoms with Gasteiger partial charge in [0.1, 0.15) is 5.84 Å². The molecule has 1 aromatic rings. The van der Waals surface area contributed by atoms with Crippen molar-refractivity contribution < 1.29 is 13.2 Å². The second-order valence-electron chi connectivity index (χ2n) is 3.96. The minimum Gasteiger partial charge on any atom is -0.366 e. The number of nitrogens with one attached hydrogen (secondary N) is 1. The molecule has 1 atom stereocenters. The lowest BCUT2D eigenvalue weighted by Crippen LogP contribution is -2.27. The molecule has 17 heavy (non-hydrogen) atoms. The van der Waals surface area contributed by atoms with E-state index in [0.29, 0.717) is 22.4 Å². The molecule has 0 spiro atoms. The van der Waals surface area contributed by atoms with Gasteiger partial charge in [0.05, 0.1) is 12.1 Å². The van der Waals surface area contributed by atoms with Crippen molar-refractivity contribution in [2.45, 2.75) is 19.1 Å². The fraction of sp³-hybridized carbons (Fsp3) is 0.364. The predicted molar refractivity (Wildman–Crippen MR) is 63.1 cm³/mol. The number of nitrogens with zero attached hydrogens (tertiary/aromatic N) is 1. The standard InChI is InChI=1S/C11H10BrF3N2/c1-6-5-16-10(17-6)7-2-8(11(13,14)15)4-9(12)3-7/h2-4,6H,5H2,1H3,(H,16,17). The molecule has 0 amide bonds. The molecule has 0 aromatic heterocycles. The molecule has 2 nitrogen and oxygen atoms in total. The fourth-order valence-electron chi connectivity index (χ4n) is 1.62. The van der Waals surface area contributed by atoms with Gasteiger partial charge in [0, 0.05) is 16.1 Å². The van der Waals surface area contributed by atoms with Crippen LogP contribution in [0.15, 0.2) is 27.7 Å². The van der Waals surface area contributed by atoms with Crippen molar-refractivity contribution in [3.8, 4) is 0 Å². The third-order valence-electron chi connectivity index (χ3n) is 2.40. The van der Waals surface area contributed by atoms with Crippen molar-refractivity contribution in [2.24, 2.45) is 4.99 Å². The van der Waals surface area contributed by atoms with Gasteiger partial charge in [0.15, 0.2) is 0 Å². The van der Waals surface area contributed by atoms with Gasteiger partial charge < -0.3 is 5.32 Å². The van der Waals surface area contributed by atoms with E-state index in [-0.39, 0.29) is 6.04 Å². The third kappa shape index (κ3) is 2.80. The normalized spacial score (nSPS) is 20.1. The van der Waals surface area contributed by atoms with Gasteiger partial charge in [-0.2, -0.15) is 13.2 Å². The Morgan fingerprint density at radius 3 is 2.59 bits per heavy atom. The first-order chi connectivity index (χ1) is 7.86. The molecule has 1 aliphatic rings. The number of rotatable bonds is 1. The van der Waals surface area contributed by atoms with Crippen LogP contribution in [0.4, 0.5) is 13.2 Å². The van der Waals surface area contributed by atoms with Crippen LogP contribution < -0.4 is 5.32 Å². The number of hydrogen-bond donors (Lipinski definition) is 1. The summed E-state index contributed by atoms with van der Waals surface area (Å²) in [5.74, 6) is 0.518. The third-order valence-corrected chi connectivity index (χ3v) is 2.86. The quantitative estimate of drug-likeness (QED) is 0.846. The molecule has 0 saturated heterocycles. The minimum atomic E-state index is -4.34. The summed E-state index contributed by atoms with van der Waals surface area (Å²) in [6.07, 6.45) is -4.34. The van der Waals surface area contributed by atoms with Crippen LogP contribution in [-0.2, 0) is 6.18 Å². The summed E-state index contributed by atoms with van der Waals surface area (Å²) in [4.78, 5) is 4.17. The van der Waals surface area contributed by atoms with Gasteiger partial charge in [-0.15, -0.1) is 0 Å². The molecule has 1 N–H and O–H groups in total. The highest BCUT2D eigenvalue weighted by atomic mass is 79.9. The minimum absolute atomic E-state index is 0.165. The van der Waals surface area contributed by atoms with E-state index in [1.54, 1.807) is 6.07 Å². The van der Waals surface area contributed by atoms with Crippen molar-refractivity contribution >= 4 is 21.8 Å². The van der Waals surface area contributed by atoms with Crippen molar-refractivity contribution in [1.82, 2.24) is 5.32 Å². The Kier molecular flexibility index (Phi) is 3.16. The Bertz CT molecular complexity index is 468. The van der Waals surface area contributed by atoms with Crippen molar-refractivity contribution in [1.29, 1.82) is 0 Å². The van der Waals surface area contributed by atoms with Gasteiger partial charge in [-0.3, -0.25) is 4.99 Å². The zero-order valence-corrected chi connectivity index (χ0v) is 10.6. The van der Waals surface area contributed by atoms with Crippen LogP contribution in [-0.4, -0.2) is 18.4 Å². The number of alkyl halides is 3. The summed E-state index contributed by atoms with van der Waals surface area (Å²) < 4.78 is 38.3. The average Bonchev–Trinajstić information content (AvgIpc) is 2.62. The summed E-state index contributed by atoms with van der Waals surface area (Å²) >= 11 is 3.08. The first-order valence-electron chi connectivity index (χ1n) is 5.05. The molecule has 6 heteroatoms. The maximum atomic E-state index is 12.6. The van der Waals surface area contributed by atoms with E-state index in [9.17, 15) is 13.2 Å². The Balaban J connectivity index is 2.39. The Morgan fingerprint density at radius 1 is 1.35 bits per heavy atom. The van der Waals surface area contributed by atoms with Crippen LogP contribution in [0.3, 0.4) is 0 Å². The molecule has 0 saturated carbocycles. The van der Waals surface area contributed by atoms with E-state index < -0.39 is 11.7 Å². The summed E-state index contributed by atoms with van der Waals surface area (Å²) in [5.41, 5.74) is -0.220. The highest BCUT2D eigenvalue weighted by molar-refractivity contribution is 9.10. The maximum absolute atomic E-state index is 12.6. The number of halogens is 4. The zero-order chi connectivity index (χ0) is 12.6. The molecule has 0 aliphatic carbocycles. The van der Waals surface area contributed by atoms with Gasteiger partial charge in [-0.25, -0.2) is 0 Å². The molecular weight excluding hydrogens is 297 g/mol. The van der Waals surface area contributed by atoms with Crippen LogP contribution >= 0.6 is 15.9 Å². The largest absolute Gasteiger partial charge is 0.416 e. The SMILES string of the molecule is CC1CN=C(c2cc(Br)cc(C(F)(F)F)c2)N1. The monoisotopic (exact) mass is 306 g/mol. The Labute approximate surface area is 105 Å².